The second kappa shape index (κ2) is 3.22. The van der Waals surface area contributed by atoms with Gasteiger partial charge in [-0.15, -0.1) is 0 Å². The average molecular weight is 182 g/mol. The van der Waals surface area contributed by atoms with Crippen LogP contribution in [-0.2, 0) is 6.42 Å². The van der Waals surface area contributed by atoms with Crippen LogP contribution in [0.1, 0.15) is 5.56 Å². The monoisotopic (exact) mass is 182 g/mol. The molecule has 0 bridgehead atoms. The van der Waals surface area contributed by atoms with Crippen molar-refractivity contribution in [3.05, 3.63) is 17.7 Å². The summed E-state index contributed by atoms with van der Waals surface area (Å²) < 4.78 is 0. The molecule has 1 aromatic rings. The zero-order valence-corrected chi connectivity index (χ0v) is 6.78. The number of benzene rings is 1. The summed E-state index contributed by atoms with van der Waals surface area (Å²) in [5.41, 5.74) is 5.33. The molecule has 13 heavy (non-hydrogen) atoms. The van der Waals surface area contributed by atoms with Gasteiger partial charge in [0.25, 0.3) is 0 Å². The molecule has 0 aliphatic rings. The van der Waals surface area contributed by atoms with E-state index in [9.17, 15) is 5.11 Å². The third-order valence-electron chi connectivity index (χ3n) is 1.53. The quantitative estimate of drug-likeness (QED) is 0.196. The Hall–Kier alpha value is -1.91. The van der Waals surface area contributed by atoms with Crippen LogP contribution < -0.4 is 5.73 Å². The Morgan fingerprint density at radius 2 is 1.92 bits per heavy atom. The van der Waals surface area contributed by atoms with E-state index in [1.54, 1.807) is 0 Å². The van der Waals surface area contributed by atoms with Crippen molar-refractivity contribution in [2.24, 2.45) is 5.73 Å². The van der Waals surface area contributed by atoms with Crippen molar-refractivity contribution in [3.63, 3.8) is 0 Å². The molecule has 70 valence electrons. The van der Waals surface area contributed by atoms with Gasteiger partial charge in [-0.1, -0.05) is 0 Å². The number of hydrogen-bond donors (Lipinski definition) is 5. The minimum atomic E-state index is -0.420. The molecule has 0 atom stereocenters. The van der Waals surface area contributed by atoms with E-state index in [-0.39, 0.29) is 29.3 Å². The zero-order valence-electron chi connectivity index (χ0n) is 6.78. The number of phenols is 3. The first-order valence-corrected chi connectivity index (χ1v) is 3.57. The Kier molecular flexibility index (Phi) is 2.27. The summed E-state index contributed by atoms with van der Waals surface area (Å²) in [7, 11) is 0. The second-order valence-electron chi connectivity index (χ2n) is 2.67. The van der Waals surface area contributed by atoms with E-state index in [0.717, 1.165) is 6.07 Å². The van der Waals surface area contributed by atoms with Crippen LogP contribution in [0.3, 0.4) is 0 Å². The standard InChI is InChI=1S/C8H10N2O3/c9-7(10)2-4-1-5(11)3-6(12)8(4)13/h1,3,11-13H,2H2,(H3,9,10). The number of aromatic hydroxyl groups is 3. The molecule has 0 fully saturated rings. The SMILES string of the molecule is N=C(N)Cc1cc(O)cc(O)c1O. The first-order valence-electron chi connectivity index (χ1n) is 3.57. The molecule has 6 N–H and O–H groups in total. The maximum absolute atomic E-state index is 9.26. The molecule has 0 aliphatic carbocycles. The van der Waals surface area contributed by atoms with Gasteiger partial charge in [0, 0.05) is 18.1 Å². The van der Waals surface area contributed by atoms with Crippen molar-refractivity contribution in [2.45, 2.75) is 6.42 Å². The molecule has 0 aromatic heterocycles. The van der Waals surface area contributed by atoms with Gasteiger partial charge in [0.1, 0.15) is 5.75 Å². The Morgan fingerprint density at radius 3 is 2.46 bits per heavy atom. The van der Waals surface area contributed by atoms with E-state index in [0.29, 0.717) is 0 Å². The van der Waals surface area contributed by atoms with Crippen LogP contribution >= 0.6 is 0 Å². The average Bonchev–Trinajstić information content (AvgIpc) is 1.98. The fraction of sp³-hybridized carbons (Fsp3) is 0.125. The summed E-state index contributed by atoms with van der Waals surface area (Å²) in [6.45, 7) is 0. The smallest absolute Gasteiger partial charge is 0.161 e. The lowest BCUT2D eigenvalue weighted by Gasteiger charge is -2.05. The van der Waals surface area contributed by atoms with Crippen LogP contribution in [0.25, 0.3) is 0 Å². The first-order chi connectivity index (χ1) is 6.00. The van der Waals surface area contributed by atoms with Crippen molar-refractivity contribution in [1.29, 1.82) is 5.41 Å². The minimum absolute atomic E-state index is 0.00616. The molecule has 0 spiro atoms. The third-order valence-corrected chi connectivity index (χ3v) is 1.53. The fourth-order valence-electron chi connectivity index (χ4n) is 1.00. The lowest BCUT2D eigenvalue weighted by molar-refractivity contribution is 0.393. The van der Waals surface area contributed by atoms with Gasteiger partial charge in [0.15, 0.2) is 11.5 Å². The number of nitrogens with two attached hydrogens (primary N) is 1. The van der Waals surface area contributed by atoms with Crippen molar-refractivity contribution < 1.29 is 15.3 Å². The summed E-state index contributed by atoms with van der Waals surface area (Å²) in [5.74, 6) is -1.10. The summed E-state index contributed by atoms with van der Waals surface area (Å²) in [4.78, 5) is 0. The van der Waals surface area contributed by atoms with Gasteiger partial charge < -0.3 is 21.1 Å². The van der Waals surface area contributed by atoms with Crippen LogP contribution in [0.2, 0.25) is 0 Å². The van der Waals surface area contributed by atoms with Crippen LogP contribution in [-0.4, -0.2) is 21.2 Å². The van der Waals surface area contributed by atoms with E-state index in [4.69, 9.17) is 21.4 Å². The molecule has 5 heteroatoms. The lowest BCUT2D eigenvalue weighted by Crippen LogP contribution is -2.12. The zero-order chi connectivity index (χ0) is 10.0. The van der Waals surface area contributed by atoms with E-state index in [2.05, 4.69) is 0 Å². The third kappa shape index (κ3) is 2.02. The van der Waals surface area contributed by atoms with Crippen molar-refractivity contribution >= 4 is 5.84 Å². The molecule has 0 heterocycles. The number of nitrogens with one attached hydrogen (secondary N) is 1. The molecule has 0 saturated heterocycles. The van der Waals surface area contributed by atoms with Gasteiger partial charge in [0.2, 0.25) is 0 Å². The predicted octanol–water partition coefficient (Wildman–Crippen LogP) is 0.282. The highest BCUT2D eigenvalue weighted by molar-refractivity contribution is 5.80. The fourth-order valence-corrected chi connectivity index (χ4v) is 1.00. The van der Waals surface area contributed by atoms with Crippen molar-refractivity contribution in [2.75, 3.05) is 0 Å². The molecule has 1 aromatic carbocycles. The summed E-state index contributed by atoms with van der Waals surface area (Å²) >= 11 is 0. The van der Waals surface area contributed by atoms with Crippen LogP contribution in [0, 0.1) is 5.41 Å². The van der Waals surface area contributed by atoms with Crippen LogP contribution in [0.15, 0.2) is 12.1 Å². The Labute approximate surface area is 74.6 Å². The maximum Gasteiger partial charge on any atom is 0.161 e. The number of hydrogen-bond acceptors (Lipinski definition) is 4. The van der Waals surface area contributed by atoms with Gasteiger partial charge in [-0.3, -0.25) is 5.41 Å². The van der Waals surface area contributed by atoms with Crippen LogP contribution in [0.4, 0.5) is 0 Å². The molecule has 0 unspecified atom stereocenters. The largest absolute Gasteiger partial charge is 0.508 e. The Bertz CT molecular complexity index is 349. The first kappa shape index (κ1) is 9.18. The summed E-state index contributed by atoms with van der Waals surface area (Å²) in [5, 5.41) is 34.4. The Balaban J connectivity index is 3.12. The highest BCUT2D eigenvalue weighted by Crippen LogP contribution is 2.33. The van der Waals surface area contributed by atoms with E-state index in [1.807, 2.05) is 0 Å². The van der Waals surface area contributed by atoms with E-state index in [1.165, 1.54) is 6.07 Å². The highest BCUT2D eigenvalue weighted by Gasteiger charge is 2.09. The summed E-state index contributed by atoms with van der Waals surface area (Å²) in [6, 6.07) is 2.26. The minimum Gasteiger partial charge on any atom is -0.508 e. The van der Waals surface area contributed by atoms with Gasteiger partial charge in [-0.05, 0) is 6.07 Å². The predicted molar refractivity (Wildman–Crippen MR) is 47.1 cm³/mol. The van der Waals surface area contributed by atoms with E-state index < -0.39 is 5.75 Å². The number of amidine groups is 1. The number of rotatable bonds is 2. The molecule has 5 nitrogen and oxygen atoms in total. The second-order valence-corrected chi connectivity index (χ2v) is 2.67. The topological polar surface area (TPSA) is 111 Å². The summed E-state index contributed by atoms with van der Waals surface area (Å²) in [6.07, 6.45) is -0.00616. The normalized spacial score (nSPS) is 9.85. The highest BCUT2D eigenvalue weighted by atomic mass is 16.3. The number of phenolic OH excluding ortho intramolecular Hbond substituents is 3. The van der Waals surface area contributed by atoms with Crippen molar-refractivity contribution in [1.82, 2.24) is 0 Å². The lowest BCUT2D eigenvalue weighted by atomic mass is 10.1. The molecule has 0 amide bonds. The molecule has 1 rings (SSSR count). The van der Waals surface area contributed by atoms with Gasteiger partial charge in [-0.2, -0.15) is 0 Å². The van der Waals surface area contributed by atoms with Crippen molar-refractivity contribution in [3.8, 4) is 17.2 Å². The molecular formula is C8H10N2O3. The van der Waals surface area contributed by atoms with E-state index >= 15 is 0 Å². The van der Waals surface area contributed by atoms with Gasteiger partial charge >= 0.3 is 0 Å². The molecule has 0 saturated carbocycles. The maximum atomic E-state index is 9.26. The van der Waals surface area contributed by atoms with Gasteiger partial charge in [0.05, 0.1) is 5.84 Å². The van der Waals surface area contributed by atoms with Gasteiger partial charge in [-0.25, -0.2) is 0 Å². The molecular weight excluding hydrogens is 172 g/mol. The van der Waals surface area contributed by atoms with Crippen LogP contribution in [0.5, 0.6) is 17.2 Å². The molecule has 0 aliphatic heterocycles. The molecule has 0 radical (unpaired) electrons. The Morgan fingerprint density at radius 1 is 1.31 bits per heavy atom.